The van der Waals surface area contributed by atoms with Crippen LogP contribution in [-0.4, -0.2) is 26.9 Å². The SMILES string of the molecule is CCCc1ccc(C(N)COCCCOC)cc1. The van der Waals surface area contributed by atoms with Crippen LogP contribution < -0.4 is 5.73 Å². The summed E-state index contributed by atoms with van der Waals surface area (Å²) in [6.07, 6.45) is 3.22. The first-order valence-corrected chi connectivity index (χ1v) is 6.69. The molecule has 0 aliphatic heterocycles. The fraction of sp³-hybridized carbons (Fsp3) is 0.600. The van der Waals surface area contributed by atoms with E-state index in [2.05, 4.69) is 31.2 Å². The van der Waals surface area contributed by atoms with E-state index in [0.717, 1.165) is 25.0 Å². The lowest BCUT2D eigenvalue weighted by Gasteiger charge is -2.13. The summed E-state index contributed by atoms with van der Waals surface area (Å²) in [5.74, 6) is 0. The maximum Gasteiger partial charge on any atom is 0.0659 e. The zero-order valence-electron chi connectivity index (χ0n) is 11.5. The highest BCUT2D eigenvalue weighted by Crippen LogP contribution is 2.13. The summed E-state index contributed by atoms with van der Waals surface area (Å²) in [6, 6.07) is 8.48. The van der Waals surface area contributed by atoms with E-state index in [-0.39, 0.29) is 6.04 Å². The van der Waals surface area contributed by atoms with Gasteiger partial charge in [-0.15, -0.1) is 0 Å². The summed E-state index contributed by atoms with van der Waals surface area (Å²) < 4.78 is 10.5. The van der Waals surface area contributed by atoms with E-state index in [9.17, 15) is 0 Å². The van der Waals surface area contributed by atoms with E-state index in [1.165, 1.54) is 12.0 Å². The molecule has 0 radical (unpaired) electrons. The van der Waals surface area contributed by atoms with Crippen LogP contribution in [0, 0.1) is 0 Å². The second-order valence-electron chi connectivity index (χ2n) is 4.52. The second kappa shape index (κ2) is 9.09. The van der Waals surface area contributed by atoms with Crippen LogP contribution in [0.25, 0.3) is 0 Å². The van der Waals surface area contributed by atoms with Gasteiger partial charge >= 0.3 is 0 Å². The molecule has 1 atom stereocenters. The van der Waals surface area contributed by atoms with Crippen molar-refractivity contribution in [2.45, 2.75) is 32.2 Å². The molecule has 3 heteroatoms. The number of benzene rings is 1. The topological polar surface area (TPSA) is 44.5 Å². The minimum Gasteiger partial charge on any atom is -0.385 e. The van der Waals surface area contributed by atoms with Crippen molar-refractivity contribution in [3.63, 3.8) is 0 Å². The van der Waals surface area contributed by atoms with Crippen LogP contribution in [0.4, 0.5) is 0 Å². The van der Waals surface area contributed by atoms with Crippen LogP contribution >= 0.6 is 0 Å². The third-order valence-electron chi connectivity index (χ3n) is 2.88. The molecule has 3 nitrogen and oxygen atoms in total. The Morgan fingerprint density at radius 3 is 2.50 bits per heavy atom. The minimum atomic E-state index is -0.0387. The molecule has 0 saturated heterocycles. The van der Waals surface area contributed by atoms with Gasteiger partial charge in [0.25, 0.3) is 0 Å². The highest BCUT2D eigenvalue weighted by atomic mass is 16.5. The number of rotatable bonds is 9. The standard InChI is InChI=1S/C15H25NO2/c1-3-5-13-6-8-14(9-7-13)15(16)12-18-11-4-10-17-2/h6-9,15H,3-5,10-12,16H2,1-2H3. The van der Waals surface area contributed by atoms with Gasteiger partial charge < -0.3 is 15.2 Å². The third-order valence-corrected chi connectivity index (χ3v) is 2.88. The number of aryl methyl sites for hydroxylation is 1. The van der Waals surface area contributed by atoms with Crippen molar-refractivity contribution in [1.29, 1.82) is 0 Å². The van der Waals surface area contributed by atoms with E-state index >= 15 is 0 Å². The molecule has 0 aliphatic rings. The fourth-order valence-corrected chi connectivity index (χ4v) is 1.83. The normalized spacial score (nSPS) is 12.6. The first kappa shape index (κ1) is 15.2. The summed E-state index contributed by atoms with van der Waals surface area (Å²) >= 11 is 0. The van der Waals surface area contributed by atoms with Gasteiger partial charge in [-0.3, -0.25) is 0 Å². The molecule has 0 amide bonds. The molecule has 1 rings (SSSR count). The number of methoxy groups -OCH3 is 1. The molecular weight excluding hydrogens is 226 g/mol. The molecule has 0 fully saturated rings. The lowest BCUT2D eigenvalue weighted by Crippen LogP contribution is -2.17. The summed E-state index contributed by atoms with van der Waals surface area (Å²) in [5.41, 5.74) is 8.59. The number of nitrogens with two attached hydrogens (primary N) is 1. The van der Waals surface area contributed by atoms with Crippen molar-refractivity contribution >= 4 is 0 Å². The fourth-order valence-electron chi connectivity index (χ4n) is 1.83. The minimum absolute atomic E-state index is 0.0387. The molecule has 0 bridgehead atoms. The molecular formula is C15H25NO2. The van der Waals surface area contributed by atoms with Crippen molar-refractivity contribution < 1.29 is 9.47 Å². The van der Waals surface area contributed by atoms with Crippen molar-refractivity contribution in [2.75, 3.05) is 26.9 Å². The molecule has 102 valence electrons. The Hall–Kier alpha value is -0.900. The lowest BCUT2D eigenvalue weighted by atomic mass is 10.0. The Balaban J connectivity index is 2.30. The van der Waals surface area contributed by atoms with E-state index in [1.54, 1.807) is 7.11 Å². The van der Waals surface area contributed by atoms with Gasteiger partial charge in [0.15, 0.2) is 0 Å². The van der Waals surface area contributed by atoms with Gasteiger partial charge in [0.1, 0.15) is 0 Å². The Labute approximate surface area is 110 Å². The average molecular weight is 251 g/mol. The van der Waals surface area contributed by atoms with Crippen LogP contribution in [0.15, 0.2) is 24.3 Å². The largest absolute Gasteiger partial charge is 0.385 e. The van der Waals surface area contributed by atoms with Crippen LogP contribution in [-0.2, 0) is 15.9 Å². The van der Waals surface area contributed by atoms with E-state index in [0.29, 0.717) is 13.2 Å². The van der Waals surface area contributed by atoms with Crippen LogP contribution in [0.1, 0.15) is 36.9 Å². The molecule has 0 saturated carbocycles. The predicted octanol–water partition coefficient (Wildman–Crippen LogP) is 2.69. The molecule has 0 aliphatic carbocycles. The smallest absolute Gasteiger partial charge is 0.0659 e. The molecule has 0 spiro atoms. The first-order chi connectivity index (χ1) is 8.77. The number of hydrogen-bond donors (Lipinski definition) is 1. The Bertz CT molecular complexity index is 311. The maximum absolute atomic E-state index is 6.08. The van der Waals surface area contributed by atoms with Gasteiger partial charge in [0.2, 0.25) is 0 Å². The first-order valence-electron chi connectivity index (χ1n) is 6.69. The lowest BCUT2D eigenvalue weighted by molar-refractivity contribution is 0.0940. The summed E-state index contributed by atoms with van der Waals surface area (Å²) in [5, 5.41) is 0. The van der Waals surface area contributed by atoms with Crippen LogP contribution in [0.3, 0.4) is 0 Å². The van der Waals surface area contributed by atoms with Gasteiger partial charge in [0, 0.05) is 20.3 Å². The molecule has 1 unspecified atom stereocenters. The van der Waals surface area contributed by atoms with Crippen LogP contribution in [0.2, 0.25) is 0 Å². The highest BCUT2D eigenvalue weighted by Gasteiger charge is 2.05. The van der Waals surface area contributed by atoms with Crippen molar-refractivity contribution in [3.05, 3.63) is 35.4 Å². The molecule has 1 aromatic carbocycles. The summed E-state index contributed by atoms with van der Waals surface area (Å²) in [7, 11) is 1.70. The number of ether oxygens (including phenoxy) is 2. The van der Waals surface area contributed by atoms with Crippen molar-refractivity contribution in [2.24, 2.45) is 5.73 Å². The third kappa shape index (κ3) is 5.63. The molecule has 18 heavy (non-hydrogen) atoms. The molecule has 0 heterocycles. The molecule has 0 aromatic heterocycles. The number of hydrogen-bond acceptors (Lipinski definition) is 3. The zero-order chi connectivity index (χ0) is 13.2. The van der Waals surface area contributed by atoms with Crippen LogP contribution in [0.5, 0.6) is 0 Å². The van der Waals surface area contributed by atoms with E-state index in [1.807, 2.05) is 0 Å². The van der Waals surface area contributed by atoms with Gasteiger partial charge in [-0.05, 0) is 24.0 Å². The summed E-state index contributed by atoms with van der Waals surface area (Å²) in [4.78, 5) is 0. The second-order valence-corrected chi connectivity index (χ2v) is 4.52. The van der Waals surface area contributed by atoms with Crippen molar-refractivity contribution in [1.82, 2.24) is 0 Å². The monoisotopic (exact) mass is 251 g/mol. The Morgan fingerprint density at radius 1 is 1.17 bits per heavy atom. The van der Waals surface area contributed by atoms with Gasteiger partial charge in [-0.1, -0.05) is 37.6 Å². The van der Waals surface area contributed by atoms with Gasteiger partial charge in [-0.2, -0.15) is 0 Å². The Kier molecular flexibility index (Phi) is 7.65. The van der Waals surface area contributed by atoms with Gasteiger partial charge in [-0.25, -0.2) is 0 Å². The predicted molar refractivity (Wildman–Crippen MR) is 74.7 cm³/mol. The Morgan fingerprint density at radius 2 is 1.89 bits per heavy atom. The van der Waals surface area contributed by atoms with E-state index in [4.69, 9.17) is 15.2 Å². The average Bonchev–Trinajstić information content (AvgIpc) is 2.39. The quantitative estimate of drug-likeness (QED) is 0.686. The maximum atomic E-state index is 6.08. The van der Waals surface area contributed by atoms with Crippen molar-refractivity contribution in [3.8, 4) is 0 Å². The van der Waals surface area contributed by atoms with Gasteiger partial charge in [0.05, 0.1) is 12.6 Å². The van der Waals surface area contributed by atoms with E-state index < -0.39 is 0 Å². The highest BCUT2D eigenvalue weighted by molar-refractivity contribution is 5.24. The zero-order valence-corrected chi connectivity index (χ0v) is 11.5. The molecule has 1 aromatic rings. The molecule has 2 N–H and O–H groups in total. The summed E-state index contributed by atoms with van der Waals surface area (Å²) in [6.45, 7) is 4.20.